The van der Waals surface area contributed by atoms with Gasteiger partial charge in [-0.05, 0) is 91.7 Å². The van der Waals surface area contributed by atoms with Crippen molar-refractivity contribution >= 4 is 104 Å². The Kier molecular flexibility index (Phi) is 7.99. The molecule has 3 heterocycles. The molecule has 10 nitrogen and oxygen atoms in total. The standard InChI is InChI=1S/C16H16Cl6N6O4P4/c17-33(18)25-34(19,20)27-36(22,24-12-2-4-14-16(10-12)32-8-6-30-14)28-35(21,26-33)23-11-1-3-13-15(9-11)31-7-5-29-13/h1-4,9-10,23-24H,5-8H2/t35-,36-/m0/s1. The smallest absolute Gasteiger partial charge is 0.262 e. The minimum atomic E-state index is -3.48. The number of hydrogen-bond acceptors (Lipinski definition) is 10. The van der Waals surface area contributed by atoms with E-state index in [2.05, 4.69) is 28.2 Å². The van der Waals surface area contributed by atoms with Crippen LogP contribution in [0.1, 0.15) is 0 Å². The van der Waals surface area contributed by atoms with Gasteiger partial charge in [0.15, 0.2) is 23.0 Å². The average Bonchev–Trinajstić information content (AvgIpc) is 2.75. The molecule has 0 saturated heterocycles. The lowest BCUT2D eigenvalue weighted by molar-refractivity contribution is 0.171. The normalized spacial score (nSPS) is 27.5. The topological polar surface area (TPSA) is 110 Å². The number of rotatable bonds is 4. The van der Waals surface area contributed by atoms with Gasteiger partial charge in [-0.1, -0.05) is 0 Å². The molecule has 0 spiro atoms. The molecule has 36 heavy (non-hydrogen) atoms. The third-order valence-corrected chi connectivity index (χ3v) is 20.7. The van der Waals surface area contributed by atoms with Crippen molar-refractivity contribution in [3.05, 3.63) is 36.4 Å². The number of anilines is 2. The largest absolute Gasteiger partial charge is 0.486 e. The highest BCUT2D eigenvalue weighted by Gasteiger charge is 2.34. The predicted octanol–water partition coefficient (Wildman–Crippen LogP) is 11.0. The molecule has 5 rings (SSSR count). The minimum absolute atomic E-state index is 0.412. The molecular formula is C16H16Cl6N6O4P4. The van der Waals surface area contributed by atoms with Crippen molar-refractivity contribution in [2.75, 3.05) is 36.6 Å². The highest BCUT2D eigenvalue weighted by molar-refractivity contribution is 8.21. The number of fused-ring (bicyclic) bond motifs is 2. The Labute approximate surface area is 235 Å². The van der Waals surface area contributed by atoms with E-state index in [-0.39, 0.29) is 0 Å². The second-order valence-electron chi connectivity index (χ2n) is 7.26. The molecule has 2 aromatic carbocycles. The van der Waals surface area contributed by atoms with Gasteiger partial charge in [-0.2, -0.15) is 18.1 Å². The zero-order valence-electron chi connectivity index (χ0n) is 17.8. The van der Waals surface area contributed by atoms with Gasteiger partial charge >= 0.3 is 0 Å². The Morgan fingerprint density at radius 1 is 0.528 bits per heavy atom. The van der Waals surface area contributed by atoms with Crippen LogP contribution in [0, 0.1) is 0 Å². The Hall–Kier alpha value is -0.1000. The molecule has 2 aromatic rings. The summed E-state index contributed by atoms with van der Waals surface area (Å²) < 4.78 is 39.9. The Morgan fingerprint density at radius 3 is 1.44 bits per heavy atom. The third kappa shape index (κ3) is 6.72. The fourth-order valence-corrected chi connectivity index (χ4v) is 25.3. The van der Waals surface area contributed by atoms with Crippen LogP contribution in [0.4, 0.5) is 11.4 Å². The highest BCUT2D eigenvalue weighted by atomic mass is 35.9. The molecule has 0 amide bonds. The summed E-state index contributed by atoms with van der Waals surface area (Å²) in [5, 5.41) is 6.16. The van der Waals surface area contributed by atoms with E-state index in [1.54, 1.807) is 36.4 Å². The van der Waals surface area contributed by atoms with Crippen LogP contribution in [0.25, 0.3) is 0 Å². The Bertz CT molecular complexity index is 1370. The molecule has 0 fully saturated rings. The van der Waals surface area contributed by atoms with Gasteiger partial charge in [0, 0.05) is 23.5 Å². The molecule has 2 atom stereocenters. The summed E-state index contributed by atoms with van der Waals surface area (Å²) >= 11 is 39.4. The molecule has 0 radical (unpaired) electrons. The third-order valence-electron chi connectivity index (χ3n) is 4.53. The van der Waals surface area contributed by atoms with Crippen molar-refractivity contribution in [1.29, 1.82) is 0 Å². The summed E-state index contributed by atoms with van der Waals surface area (Å²) in [5.74, 6) is -4.71. The minimum Gasteiger partial charge on any atom is -0.486 e. The van der Waals surface area contributed by atoms with Crippen LogP contribution in [-0.2, 0) is 0 Å². The molecular weight excluding hydrogens is 677 g/mol. The van der Waals surface area contributed by atoms with E-state index in [9.17, 15) is 0 Å². The Balaban J connectivity index is 1.58. The summed E-state index contributed by atoms with van der Waals surface area (Å²) in [7, 11) is 0. The molecule has 196 valence electrons. The van der Waals surface area contributed by atoms with Crippen LogP contribution in [0.3, 0.4) is 0 Å². The second-order valence-corrected chi connectivity index (χ2v) is 24.0. The van der Waals surface area contributed by atoms with Crippen molar-refractivity contribution in [1.82, 2.24) is 0 Å². The van der Waals surface area contributed by atoms with Crippen molar-refractivity contribution in [2.24, 2.45) is 18.1 Å². The van der Waals surface area contributed by atoms with Crippen LogP contribution >= 0.6 is 92.7 Å². The quantitative estimate of drug-likeness (QED) is 0.309. The van der Waals surface area contributed by atoms with E-state index in [0.29, 0.717) is 60.8 Å². The molecule has 3 aliphatic rings. The van der Waals surface area contributed by atoms with Crippen LogP contribution < -0.4 is 29.1 Å². The van der Waals surface area contributed by atoms with Crippen molar-refractivity contribution < 1.29 is 18.9 Å². The summed E-state index contributed by atoms with van der Waals surface area (Å²) in [5.41, 5.74) is 1.04. The molecule has 20 heteroatoms. The first kappa shape index (κ1) is 27.5. The van der Waals surface area contributed by atoms with Crippen LogP contribution in [0.15, 0.2) is 54.5 Å². The van der Waals surface area contributed by atoms with Gasteiger partial charge in [0.05, 0.1) is 0 Å². The van der Waals surface area contributed by atoms with Gasteiger partial charge in [0.2, 0.25) is 0 Å². The summed E-state index contributed by atoms with van der Waals surface area (Å²) in [4.78, 5) is 0. The monoisotopic (exact) mass is 690 g/mol. The van der Waals surface area contributed by atoms with Gasteiger partial charge in [-0.15, -0.1) is 0 Å². The van der Waals surface area contributed by atoms with E-state index in [4.69, 9.17) is 86.4 Å². The average molecular weight is 693 g/mol. The lowest BCUT2D eigenvalue weighted by atomic mass is 10.3. The number of nitrogens with zero attached hydrogens (tertiary/aromatic N) is 4. The second kappa shape index (κ2) is 10.5. The summed E-state index contributed by atoms with van der Waals surface area (Å²) in [6.07, 6.45) is 0. The molecule has 0 unspecified atom stereocenters. The van der Waals surface area contributed by atoms with E-state index < -0.39 is 25.2 Å². The van der Waals surface area contributed by atoms with E-state index >= 15 is 0 Å². The van der Waals surface area contributed by atoms with Crippen molar-refractivity contribution in [3.63, 3.8) is 0 Å². The van der Waals surface area contributed by atoms with Gasteiger partial charge in [0.1, 0.15) is 26.4 Å². The van der Waals surface area contributed by atoms with Gasteiger partial charge in [-0.3, -0.25) is 0 Å². The maximum atomic E-state index is 6.93. The molecule has 0 aromatic heterocycles. The Morgan fingerprint density at radius 2 is 0.944 bits per heavy atom. The maximum Gasteiger partial charge on any atom is 0.262 e. The molecule has 0 bridgehead atoms. The van der Waals surface area contributed by atoms with Crippen molar-refractivity contribution in [3.8, 4) is 23.0 Å². The predicted molar refractivity (Wildman–Crippen MR) is 155 cm³/mol. The van der Waals surface area contributed by atoms with Crippen LogP contribution in [0.5, 0.6) is 23.0 Å². The van der Waals surface area contributed by atoms with Crippen molar-refractivity contribution in [2.45, 2.75) is 0 Å². The SMILES string of the molecule is ClP1(Cl)=NP(Cl)(Cl)=N[P@](Cl)(Nc2ccc3c(c2)OCCO3)=N[P@@](Cl)(Nc2ccc3c(c2)OCCO3)=N1. The number of hydrogen-bond donors (Lipinski definition) is 2. The molecule has 3 aliphatic heterocycles. The first-order chi connectivity index (χ1) is 16.9. The lowest BCUT2D eigenvalue weighted by Gasteiger charge is -2.26. The molecule has 2 N–H and O–H groups in total. The molecule has 0 aliphatic carbocycles. The number of halogens is 6. The zero-order valence-corrected chi connectivity index (χ0v) is 25.9. The number of benzene rings is 2. The summed E-state index contributed by atoms with van der Waals surface area (Å²) in [6.45, 7) is -5.22. The van der Waals surface area contributed by atoms with Gasteiger partial charge < -0.3 is 29.1 Å². The number of ether oxygens (including phenoxy) is 4. The van der Waals surface area contributed by atoms with Gasteiger partial charge in [0.25, 0.3) is 25.2 Å². The van der Waals surface area contributed by atoms with Crippen LogP contribution in [-0.4, -0.2) is 26.4 Å². The fourth-order valence-electron chi connectivity index (χ4n) is 3.29. The zero-order chi connectivity index (χ0) is 25.6. The van der Waals surface area contributed by atoms with E-state index in [1.165, 1.54) is 0 Å². The number of nitrogens with one attached hydrogen (secondary N) is 2. The first-order valence-corrected chi connectivity index (χ1v) is 22.2. The van der Waals surface area contributed by atoms with E-state index in [0.717, 1.165) is 0 Å². The van der Waals surface area contributed by atoms with Gasteiger partial charge in [-0.25, -0.2) is 0 Å². The highest BCUT2D eigenvalue weighted by Crippen LogP contribution is 2.85. The maximum absolute atomic E-state index is 6.93. The van der Waals surface area contributed by atoms with E-state index in [1.807, 2.05) is 0 Å². The first-order valence-electron chi connectivity index (χ1n) is 10.0. The fraction of sp³-hybridized carbons (Fsp3) is 0.250. The molecule has 0 saturated carbocycles. The summed E-state index contributed by atoms with van der Waals surface area (Å²) in [6, 6.07) is 10.3. The van der Waals surface area contributed by atoms with Crippen LogP contribution in [0.2, 0.25) is 0 Å². The lowest BCUT2D eigenvalue weighted by Crippen LogP contribution is -2.15.